The number of ketones is 1. The average Bonchev–Trinajstić information content (AvgIpc) is 2.90. The monoisotopic (exact) mass is 263 g/mol. The number of fused-ring (bicyclic) bond motifs is 1. The first-order valence-electron chi connectivity index (χ1n) is 6.82. The van der Waals surface area contributed by atoms with Gasteiger partial charge in [0.05, 0.1) is 6.54 Å². The highest BCUT2D eigenvalue weighted by atomic mass is 16.7. The summed E-state index contributed by atoms with van der Waals surface area (Å²) in [4.78, 5) is 14.5. The van der Waals surface area contributed by atoms with Crippen LogP contribution in [0.4, 0.5) is 0 Å². The Hall–Kier alpha value is -1.55. The molecule has 1 aromatic rings. The van der Waals surface area contributed by atoms with Crippen LogP contribution < -0.4 is 9.47 Å². The number of carbonyl (C=O) groups is 1. The molecule has 104 valence electrons. The maximum Gasteiger partial charge on any atom is 0.231 e. The number of hydrogen-bond donors (Lipinski definition) is 0. The van der Waals surface area contributed by atoms with E-state index in [1.54, 1.807) is 18.2 Å². The molecule has 4 nitrogen and oxygen atoms in total. The van der Waals surface area contributed by atoms with Crippen LogP contribution in [0.15, 0.2) is 18.2 Å². The summed E-state index contributed by atoms with van der Waals surface area (Å²) in [5.41, 5.74) is 0.686. The van der Waals surface area contributed by atoms with E-state index in [4.69, 9.17) is 9.47 Å². The molecule has 1 aromatic carbocycles. The van der Waals surface area contributed by atoms with Crippen molar-refractivity contribution in [3.05, 3.63) is 23.8 Å². The molecule has 0 aromatic heterocycles. The third-order valence-electron chi connectivity index (χ3n) is 3.66. The highest BCUT2D eigenvalue weighted by Gasteiger charge is 2.19. The smallest absolute Gasteiger partial charge is 0.231 e. The lowest BCUT2D eigenvalue weighted by Crippen LogP contribution is -2.36. The lowest BCUT2D eigenvalue weighted by molar-refractivity contribution is 0.0902. The largest absolute Gasteiger partial charge is 0.454 e. The first-order chi connectivity index (χ1) is 9.15. The van der Waals surface area contributed by atoms with Gasteiger partial charge in [0, 0.05) is 11.6 Å². The Morgan fingerprint density at radius 3 is 2.74 bits per heavy atom. The number of benzene rings is 1. The molecule has 1 aliphatic rings. The summed E-state index contributed by atoms with van der Waals surface area (Å²) in [6.07, 6.45) is 1.04. The van der Waals surface area contributed by atoms with Crippen LogP contribution in [-0.2, 0) is 0 Å². The maximum atomic E-state index is 12.3. The number of carbonyl (C=O) groups excluding carboxylic acids is 1. The van der Waals surface area contributed by atoms with Crippen LogP contribution >= 0.6 is 0 Å². The standard InChI is InChI=1S/C15H21NO3/c1-4-11(3)16(5-2)9-13(17)12-6-7-14-15(8-12)19-10-18-14/h6-8,11H,4-5,9-10H2,1-3H3. The molecule has 2 rings (SSSR count). The third-order valence-corrected chi connectivity index (χ3v) is 3.66. The molecular weight excluding hydrogens is 242 g/mol. The lowest BCUT2D eigenvalue weighted by atomic mass is 10.1. The number of rotatable bonds is 6. The van der Waals surface area contributed by atoms with E-state index in [2.05, 4.69) is 25.7 Å². The van der Waals surface area contributed by atoms with E-state index in [0.29, 0.717) is 29.6 Å². The van der Waals surface area contributed by atoms with Gasteiger partial charge in [0.15, 0.2) is 17.3 Å². The van der Waals surface area contributed by atoms with Crippen molar-refractivity contribution >= 4 is 5.78 Å². The molecule has 0 aliphatic carbocycles. The number of nitrogens with zero attached hydrogens (tertiary/aromatic N) is 1. The zero-order valence-corrected chi connectivity index (χ0v) is 11.8. The van der Waals surface area contributed by atoms with E-state index in [0.717, 1.165) is 13.0 Å². The zero-order valence-electron chi connectivity index (χ0n) is 11.8. The molecular formula is C15H21NO3. The second kappa shape index (κ2) is 6.06. The summed E-state index contributed by atoms with van der Waals surface area (Å²) in [5, 5.41) is 0. The van der Waals surface area contributed by atoms with Gasteiger partial charge in [0.25, 0.3) is 0 Å². The van der Waals surface area contributed by atoms with E-state index >= 15 is 0 Å². The predicted molar refractivity (Wildman–Crippen MR) is 73.9 cm³/mol. The van der Waals surface area contributed by atoms with E-state index in [-0.39, 0.29) is 12.6 Å². The van der Waals surface area contributed by atoms with E-state index in [1.165, 1.54) is 0 Å². The second-order valence-corrected chi connectivity index (χ2v) is 4.81. The van der Waals surface area contributed by atoms with Crippen molar-refractivity contribution < 1.29 is 14.3 Å². The van der Waals surface area contributed by atoms with Crippen LogP contribution in [0.3, 0.4) is 0 Å². The minimum absolute atomic E-state index is 0.125. The van der Waals surface area contributed by atoms with Crippen molar-refractivity contribution in [3.63, 3.8) is 0 Å². The van der Waals surface area contributed by atoms with Crippen molar-refractivity contribution in [2.45, 2.75) is 33.2 Å². The Kier molecular flexibility index (Phi) is 4.43. The van der Waals surface area contributed by atoms with Crippen molar-refractivity contribution in [3.8, 4) is 11.5 Å². The van der Waals surface area contributed by atoms with Crippen LogP contribution in [0, 0.1) is 0 Å². The minimum atomic E-state index is 0.125. The van der Waals surface area contributed by atoms with E-state index in [9.17, 15) is 4.79 Å². The summed E-state index contributed by atoms with van der Waals surface area (Å²) in [6.45, 7) is 7.94. The SMILES string of the molecule is CCC(C)N(CC)CC(=O)c1ccc2c(c1)OCO2. The van der Waals surface area contributed by atoms with Gasteiger partial charge in [-0.05, 0) is 38.1 Å². The van der Waals surface area contributed by atoms with Crippen molar-refractivity contribution in [2.75, 3.05) is 19.9 Å². The Morgan fingerprint density at radius 2 is 2.05 bits per heavy atom. The highest BCUT2D eigenvalue weighted by molar-refractivity contribution is 5.98. The molecule has 19 heavy (non-hydrogen) atoms. The summed E-state index contributed by atoms with van der Waals surface area (Å²) >= 11 is 0. The lowest BCUT2D eigenvalue weighted by Gasteiger charge is -2.26. The summed E-state index contributed by atoms with van der Waals surface area (Å²) < 4.78 is 10.5. The predicted octanol–water partition coefficient (Wildman–Crippen LogP) is 2.72. The number of likely N-dealkylation sites (N-methyl/N-ethyl adjacent to an activating group) is 1. The van der Waals surface area contributed by atoms with Gasteiger partial charge >= 0.3 is 0 Å². The topological polar surface area (TPSA) is 38.8 Å². The summed E-state index contributed by atoms with van der Waals surface area (Å²) in [5.74, 6) is 1.50. The Labute approximate surface area is 114 Å². The van der Waals surface area contributed by atoms with Gasteiger partial charge in [-0.15, -0.1) is 0 Å². The highest BCUT2D eigenvalue weighted by Crippen LogP contribution is 2.32. The normalized spacial score (nSPS) is 14.7. The molecule has 4 heteroatoms. The third kappa shape index (κ3) is 3.07. The Bertz CT molecular complexity index is 459. The molecule has 0 amide bonds. The molecule has 0 spiro atoms. The van der Waals surface area contributed by atoms with Gasteiger partial charge in [-0.25, -0.2) is 0 Å². The molecule has 0 radical (unpaired) electrons. The number of Topliss-reactive ketones (excluding diaryl/α,β-unsaturated/α-hetero) is 1. The second-order valence-electron chi connectivity index (χ2n) is 4.81. The molecule has 0 N–H and O–H groups in total. The van der Waals surface area contributed by atoms with E-state index in [1.807, 2.05) is 0 Å². The van der Waals surface area contributed by atoms with Gasteiger partial charge in [0.2, 0.25) is 6.79 Å². The van der Waals surface area contributed by atoms with Crippen molar-refractivity contribution in [2.24, 2.45) is 0 Å². The maximum absolute atomic E-state index is 12.3. The summed E-state index contributed by atoms with van der Waals surface area (Å²) in [6, 6.07) is 5.80. The molecule has 0 bridgehead atoms. The number of ether oxygens (including phenoxy) is 2. The molecule has 0 saturated carbocycles. The first-order valence-corrected chi connectivity index (χ1v) is 6.82. The van der Waals surface area contributed by atoms with Gasteiger partial charge in [-0.3, -0.25) is 9.69 Å². The fourth-order valence-corrected chi connectivity index (χ4v) is 2.18. The Morgan fingerprint density at radius 1 is 1.32 bits per heavy atom. The van der Waals surface area contributed by atoms with Gasteiger partial charge in [-0.1, -0.05) is 13.8 Å². The van der Waals surface area contributed by atoms with Crippen LogP contribution in [0.2, 0.25) is 0 Å². The van der Waals surface area contributed by atoms with Crippen molar-refractivity contribution in [1.82, 2.24) is 4.90 Å². The molecule has 1 aliphatic heterocycles. The van der Waals surface area contributed by atoms with Crippen molar-refractivity contribution in [1.29, 1.82) is 0 Å². The minimum Gasteiger partial charge on any atom is -0.454 e. The van der Waals surface area contributed by atoms with Gasteiger partial charge < -0.3 is 9.47 Å². The van der Waals surface area contributed by atoms with Gasteiger partial charge in [-0.2, -0.15) is 0 Å². The van der Waals surface area contributed by atoms with Gasteiger partial charge in [0.1, 0.15) is 0 Å². The van der Waals surface area contributed by atoms with E-state index < -0.39 is 0 Å². The number of hydrogen-bond acceptors (Lipinski definition) is 4. The van der Waals surface area contributed by atoms with Crippen LogP contribution in [0.5, 0.6) is 11.5 Å². The molecule has 1 heterocycles. The fraction of sp³-hybridized carbons (Fsp3) is 0.533. The first kappa shape index (κ1) is 13.9. The average molecular weight is 263 g/mol. The van der Waals surface area contributed by atoms with Crippen LogP contribution in [-0.4, -0.2) is 36.6 Å². The molecule has 1 unspecified atom stereocenters. The molecule has 0 fully saturated rings. The quantitative estimate of drug-likeness (QED) is 0.740. The zero-order chi connectivity index (χ0) is 13.8. The fourth-order valence-electron chi connectivity index (χ4n) is 2.18. The molecule has 1 atom stereocenters. The molecule has 0 saturated heterocycles. The van der Waals surface area contributed by atoms with Crippen LogP contribution in [0.1, 0.15) is 37.6 Å². The van der Waals surface area contributed by atoms with Crippen LogP contribution in [0.25, 0.3) is 0 Å². The Balaban J connectivity index is 2.07. The summed E-state index contributed by atoms with van der Waals surface area (Å²) in [7, 11) is 0.